The monoisotopic (exact) mass is 598 g/mol. The summed E-state index contributed by atoms with van der Waals surface area (Å²) >= 11 is 0. The summed E-state index contributed by atoms with van der Waals surface area (Å²) < 4.78 is 62.0. The predicted molar refractivity (Wildman–Crippen MR) is 153 cm³/mol. The van der Waals surface area contributed by atoms with Gasteiger partial charge in [-0.2, -0.15) is 0 Å². The standard InChI is InChI=1S/C23H26F2O4.C11H11FO2/c24-16-6-10-20-14(12-16)4-8-22(28-20)18(26)2-1-3-19(27)23-9-5-15-13-17(25)7-11-21(15)29-23;12-8-2-4-9-7(5-8)1-3-10(14-9)11-6-13-11/h6-7,10-13,18-19,22-23,26-27H,1-5,8-9H2;2,4-5,10-11H,1,3,6H2. The second-order valence-electron chi connectivity index (χ2n) is 11.8. The maximum Gasteiger partial charge on any atom is 0.127 e. The number of hydrogen-bond donors (Lipinski definition) is 2. The Morgan fingerprint density at radius 2 is 1.02 bits per heavy atom. The summed E-state index contributed by atoms with van der Waals surface area (Å²) in [7, 11) is 0. The third-order valence-corrected chi connectivity index (χ3v) is 8.63. The third-order valence-electron chi connectivity index (χ3n) is 8.63. The van der Waals surface area contributed by atoms with E-state index >= 15 is 0 Å². The fraction of sp³-hybridized carbons (Fsp3) is 0.471. The lowest BCUT2D eigenvalue weighted by atomic mass is 9.94. The molecule has 1 fully saturated rings. The first-order chi connectivity index (χ1) is 20.8. The van der Waals surface area contributed by atoms with Crippen LogP contribution in [-0.4, -0.2) is 53.4 Å². The minimum Gasteiger partial charge on any atom is -0.487 e. The van der Waals surface area contributed by atoms with E-state index < -0.39 is 12.2 Å². The fourth-order valence-corrected chi connectivity index (χ4v) is 6.12. The van der Waals surface area contributed by atoms with Crippen LogP contribution in [0.25, 0.3) is 0 Å². The SMILES string of the molecule is Fc1ccc2c(c1)CCC(C1CO1)O2.OC(CCCC(O)C1CCc2cc(F)ccc2O1)C1CCc2cc(F)ccc2O1. The first kappa shape index (κ1) is 29.8. The van der Waals surface area contributed by atoms with Crippen LogP contribution in [0.2, 0.25) is 0 Å². The highest BCUT2D eigenvalue weighted by atomic mass is 19.1. The zero-order valence-corrected chi connectivity index (χ0v) is 23.9. The first-order valence-electron chi connectivity index (χ1n) is 15.2. The molecule has 9 heteroatoms. The molecule has 0 spiro atoms. The number of benzene rings is 3. The molecule has 6 atom stereocenters. The van der Waals surface area contributed by atoms with Gasteiger partial charge < -0.3 is 29.2 Å². The lowest BCUT2D eigenvalue weighted by Gasteiger charge is -2.31. The molecule has 0 aliphatic carbocycles. The van der Waals surface area contributed by atoms with E-state index in [-0.39, 0.29) is 41.9 Å². The van der Waals surface area contributed by atoms with Gasteiger partial charge in [-0.3, -0.25) is 0 Å². The van der Waals surface area contributed by atoms with Crippen LogP contribution in [0.3, 0.4) is 0 Å². The Balaban J connectivity index is 0.000000195. The molecule has 4 aliphatic rings. The van der Waals surface area contributed by atoms with Crippen molar-refractivity contribution in [3.63, 3.8) is 0 Å². The van der Waals surface area contributed by atoms with E-state index in [0.29, 0.717) is 56.4 Å². The number of halogens is 3. The van der Waals surface area contributed by atoms with Crippen LogP contribution in [0.1, 0.15) is 55.2 Å². The van der Waals surface area contributed by atoms with Gasteiger partial charge in [0.2, 0.25) is 0 Å². The third kappa shape index (κ3) is 7.45. The Hall–Kier alpha value is -3.27. The maximum absolute atomic E-state index is 13.3. The van der Waals surface area contributed by atoms with Gasteiger partial charge in [0.05, 0.1) is 18.8 Å². The minimum atomic E-state index is -0.642. The molecule has 2 N–H and O–H groups in total. The summed E-state index contributed by atoms with van der Waals surface area (Å²) in [5.74, 6) is 1.34. The van der Waals surface area contributed by atoms with Crippen LogP contribution in [0.5, 0.6) is 17.2 Å². The molecule has 7 rings (SSSR count). The summed E-state index contributed by atoms with van der Waals surface area (Å²) in [5, 5.41) is 21.0. The van der Waals surface area contributed by atoms with Crippen molar-refractivity contribution >= 4 is 0 Å². The number of aliphatic hydroxyl groups is 2. The van der Waals surface area contributed by atoms with E-state index in [0.717, 1.165) is 41.9 Å². The summed E-state index contributed by atoms with van der Waals surface area (Å²) in [4.78, 5) is 0. The Kier molecular flexibility index (Phi) is 9.12. The lowest BCUT2D eigenvalue weighted by Crippen LogP contribution is -2.36. The fourth-order valence-electron chi connectivity index (χ4n) is 6.12. The molecule has 4 aliphatic heterocycles. The predicted octanol–water partition coefficient (Wildman–Crippen LogP) is 5.86. The molecule has 1 saturated heterocycles. The minimum absolute atomic E-state index is 0.174. The number of rotatable bonds is 7. The Bertz CT molecular complexity index is 1340. The van der Waals surface area contributed by atoms with Gasteiger partial charge in [0, 0.05) is 0 Å². The Morgan fingerprint density at radius 3 is 1.47 bits per heavy atom. The van der Waals surface area contributed by atoms with E-state index in [4.69, 9.17) is 18.9 Å². The second kappa shape index (κ2) is 13.2. The molecule has 6 unspecified atom stereocenters. The molecule has 43 heavy (non-hydrogen) atoms. The normalized spacial score (nSPS) is 24.8. The number of aliphatic hydroxyl groups excluding tert-OH is 2. The number of epoxide rings is 1. The smallest absolute Gasteiger partial charge is 0.127 e. The molecule has 3 aromatic rings. The van der Waals surface area contributed by atoms with Gasteiger partial charge in [-0.05, 0) is 129 Å². The number of ether oxygens (including phenoxy) is 4. The van der Waals surface area contributed by atoms with E-state index in [9.17, 15) is 23.4 Å². The van der Waals surface area contributed by atoms with Crippen molar-refractivity contribution in [1.29, 1.82) is 0 Å². The molecule has 230 valence electrons. The molecule has 6 nitrogen and oxygen atoms in total. The van der Waals surface area contributed by atoms with Gasteiger partial charge in [-0.1, -0.05) is 0 Å². The molecular formula is C34H37F3O6. The second-order valence-corrected chi connectivity index (χ2v) is 11.8. The Labute approximate surface area is 249 Å². The number of fused-ring (bicyclic) bond motifs is 3. The highest BCUT2D eigenvalue weighted by Gasteiger charge is 2.36. The molecular weight excluding hydrogens is 561 g/mol. The average Bonchev–Trinajstić information content (AvgIpc) is 3.86. The highest BCUT2D eigenvalue weighted by Crippen LogP contribution is 2.34. The molecule has 0 aromatic heterocycles. The zero-order valence-electron chi connectivity index (χ0n) is 23.9. The zero-order chi connectivity index (χ0) is 29.9. The summed E-state index contributed by atoms with van der Waals surface area (Å²) in [5.41, 5.74) is 2.64. The van der Waals surface area contributed by atoms with Gasteiger partial charge in [0.1, 0.15) is 59.1 Å². The number of hydrogen-bond acceptors (Lipinski definition) is 6. The molecule has 0 bridgehead atoms. The Morgan fingerprint density at radius 1 is 0.605 bits per heavy atom. The highest BCUT2D eigenvalue weighted by molar-refractivity contribution is 5.37. The van der Waals surface area contributed by atoms with Crippen molar-refractivity contribution in [3.05, 3.63) is 88.7 Å². The van der Waals surface area contributed by atoms with Crippen molar-refractivity contribution in [2.75, 3.05) is 6.61 Å². The topological polar surface area (TPSA) is 80.7 Å². The maximum atomic E-state index is 13.3. The molecule has 0 amide bonds. The van der Waals surface area contributed by atoms with Crippen LogP contribution in [0.15, 0.2) is 54.6 Å². The van der Waals surface area contributed by atoms with E-state index in [2.05, 4.69) is 0 Å². The van der Waals surface area contributed by atoms with E-state index in [1.807, 2.05) is 0 Å². The lowest BCUT2D eigenvalue weighted by molar-refractivity contribution is 0.00133. The van der Waals surface area contributed by atoms with Gasteiger partial charge in [-0.25, -0.2) is 13.2 Å². The average molecular weight is 599 g/mol. The van der Waals surface area contributed by atoms with Crippen LogP contribution in [0.4, 0.5) is 13.2 Å². The largest absolute Gasteiger partial charge is 0.487 e. The molecule has 3 aromatic carbocycles. The van der Waals surface area contributed by atoms with Crippen molar-refractivity contribution in [1.82, 2.24) is 0 Å². The van der Waals surface area contributed by atoms with Gasteiger partial charge in [-0.15, -0.1) is 0 Å². The summed E-state index contributed by atoms with van der Waals surface area (Å²) in [6.45, 7) is 0.807. The quantitative estimate of drug-likeness (QED) is 0.332. The van der Waals surface area contributed by atoms with E-state index in [1.165, 1.54) is 30.3 Å². The molecule has 4 heterocycles. The molecule has 0 saturated carbocycles. The summed E-state index contributed by atoms with van der Waals surface area (Å²) in [6, 6.07) is 13.6. The van der Waals surface area contributed by atoms with Crippen molar-refractivity contribution < 1.29 is 42.3 Å². The van der Waals surface area contributed by atoms with Crippen molar-refractivity contribution in [2.24, 2.45) is 0 Å². The van der Waals surface area contributed by atoms with Gasteiger partial charge >= 0.3 is 0 Å². The van der Waals surface area contributed by atoms with Crippen LogP contribution in [-0.2, 0) is 24.0 Å². The van der Waals surface area contributed by atoms with Crippen LogP contribution in [0, 0.1) is 17.5 Å². The van der Waals surface area contributed by atoms with Gasteiger partial charge in [0.25, 0.3) is 0 Å². The summed E-state index contributed by atoms with van der Waals surface area (Å²) in [6.07, 6.45) is 4.61. The first-order valence-corrected chi connectivity index (χ1v) is 15.2. The molecule has 0 radical (unpaired) electrons. The van der Waals surface area contributed by atoms with Crippen molar-refractivity contribution in [3.8, 4) is 17.2 Å². The van der Waals surface area contributed by atoms with Crippen LogP contribution >= 0.6 is 0 Å². The number of aryl methyl sites for hydroxylation is 3. The van der Waals surface area contributed by atoms with Gasteiger partial charge in [0.15, 0.2) is 0 Å². The van der Waals surface area contributed by atoms with Crippen LogP contribution < -0.4 is 14.2 Å². The van der Waals surface area contributed by atoms with Crippen molar-refractivity contribution in [2.45, 2.75) is 94.4 Å². The van der Waals surface area contributed by atoms with E-state index in [1.54, 1.807) is 24.3 Å².